The Hall–Kier alpha value is -2.96. The highest BCUT2D eigenvalue weighted by atomic mass is 35.5. The summed E-state index contributed by atoms with van der Waals surface area (Å²) in [5, 5.41) is 9.40. The molecule has 2 aromatic carbocycles. The van der Waals surface area contributed by atoms with Crippen LogP contribution in [0.2, 0.25) is 5.15 Å². The average molecular weight is 319 g/mol. The molecule has 0 N–H and O–H groups in total. The normalized spacial score (nSPS) is 10.1. The van der Waals surface area contributed by atoms with Gasteiger partial charge in [0.05, 0.1) is 11.6 Å². The molecule has 3 aromatic rings. The molecule has 0 fully saturated rings. The molecule has 0 saturated carbocycles. The number of carbonyl (C=O) groups excluding carboxylic acids is 1. The molecule has 4 heteroatoms. The van der Waals surface area contributed by atoms with Crippen molar-refractivity contribution >= 4 is 17.4 Å². The van der Waals surface area contributed by atoms with Gasteiger partial charge in [0.15, 0.2) is 5.78 Å². The van der Waals surface area contributed by atoms with Crippen LogP contribution in [0.4, 0.5) is 0 Å². The molecule has 0 amide bonds. The van der Waals surface area contributed by atoms with Crippen LogP contribution >= 0.6 is 11.6 Å². The van der Waals surface area contributed by atoms with Gasteiger partial charge in [-0.1, -0.05) is 48.0 Å². The predicted molar refractivity (Wildman–Crippen MR) is 89.3 cm³/mol. The minimum atomic E-state index is -0.132. The Kier molecular flexibility index (Phi) is 4.18. The lowest BCUT2D eigenvalue weighted by atomic mass is 9.94. The van der Waals surface area contributed by atoms with Crippen LogP contribution in [0.5, 0.6) is 0 Å². The van der Waals surface area contributed by atoms with Crippen molar-refractivity contribution < 1.29 is 4.79 Å². The lowest BCUT2D eigenvalue weighted by molar-refractivity contribution is 0.103. The molecule has 0 bridgehead atoms. The first-order valence-corrected chi connectivity index (χ1v) is 7.32. The van der Waals surface area contributed by atoms with Crippen molar-refractivity contribution in [1.82, 2.24) is 4.98 Å². The van der Waals surface area contributed by atoms with Gasteiger partial charge in [-0.15, -0.1) is 0 Å². The molecule has 0 unspecified atom stereocenters. The monoisotopic (exact) mass is 318 g/mol. The third-order valence-corrected chi connectivity index (χ3v) is 3.69. The van der Waals surface area contributed by atoms with E-state index in [1.165, 1.54) is 6.20 Å². The lowest BCUT2D eigenvalue weighted by Gasteiger charge is -2.09. The van der Waals surface area contributed by atoms with Crippen LogP contribution in [-0.4, -0.2) is 10.8 Å². The van der Waals surface area contributed by atoms with Gasteiger partial charge in [0.1, 0.15) is 5.15 Å². The first-order chi connectivity index (χ1) is 11.2. The first-order valence-electron chi connectivity index (χ1n) is 6.95. The van der Waals surface area contributed by atoms with E-state index in [2.05, 4.69) is 11.1 Å². The number of aromatic nitrogens is 1. The summed E-state index contributed by atoms with van der Waals surface area (Å²) in [6.45, 7) is 0. The van der Waals surface area contributed by atoms with Crippen LogP contribution in [0.15, 0.2) is 66.9 Å². The van der Waals surface area contributed by atoms with Gasteiger partial charge in [0.2, 0.25) is 0 Å². The predicted octanol–water partition coefficient (Wildman–Crippen LogP) is 4.50. The molecule has 110 valence electrons. The molecule has 0 aliphatic rings. The number of rotatable bonds is 3. The maximum Gasteiger partial charge on any atom is 0.195 e. The summed E-state index contributed by atoms with van der Waals surface area (Å²) in [5.41, 5.74) is 3.20. The van der Waals surface area contributed by atoms with Crippen LogP contribution in [0.1, 0.15) is 21.5 Å². The van der Waals surface area contributed by atoms with Gasteiger partial charge in [0.25, 0.3) is 0 Å². The van der Waals surface area contributed by atoms with Gasteiger partial charge < -0.3 is 0 Å². The largest absolute Gasteiger partial charge is 0.289 e. The summed E-state index contributed by atoms with van der Waals surface area (Å²) in [4.78, 5) is 16.7. The molecule has 0 aliphatic heterocycles. The Morgan fingerprint density at radius 3 is 2.61 bits per heavy atom. The van der Waals surface area contributed by atoms with Crippen LogP contribution in [0.25, 0.3) is 11.1 Å². The van der Waals surface area contributed by atoms with Gasteiger partial charge in [0, 0.05) is 17.3 Å². The summed E-state index contributed by atoms with van der Waals surface area (Å²) in [5.74, 6) is -0.132. The molecule has 0 saturated heterocycles. The second-order valence-electron chi connectivity index (χ2n) is 4.94. The van der Waals surface area contributed by atoms with Gasteiger partial charge >= 0.3 is 0 Å². The maximum absolute atomic E-state index is 12.8. The molecule has 1 heterocycles. The standard InChI is InChI=1S/C19H11ClN2O/c20-18-9-8-15(12-22-18)19(23)17-7-2-1-6-16(17)14-5-3-4-13(10-14)11-21/h1-10,12H. The Morgan fingerprint density at radius 2 is 1.87 bits per heavy atom. The number of carbonyl (C=O) groups is 1. The number of hydrogen-bond donors (Lipinski definition) is 0. The van der Waals surface area contributed by atoms with E-state index >= 15 is 0 Å². The Balaban J connectivity index is 2.09. The SMILES string of the molecule is N#Cc1cccc(-c2ccccc2C(=O)c2ccc(Cl)nc2)c1. The highest BCUT2D eigenvalue weighted by molar-refractivity contribution is 6.29. The van der Waals surface area contributed by atoms with E-state index in [1.807, 2.05) is 24.3 Å². The molecule has 0 aliphatic carbocycles. The first kappa shape index (κ1) is 15.0. The quantitative estimate of drug-likeness (QED) is 0.527. The molecule has 0 atom stereocenters. The van der Waals surface area contributed by atoms with Crippen molar-refractivity contribution in [2.45, 2.75) is 0 Å². The van der Waals surface area contributed by atoms with Gasteiger partial charge in [-0.25, -0.2) is 4.98 Å². The average Bonchev–Trinajstić information content (AvgIpc) is 2.62. The molecule has 1 aromatic heterocycles. The molecule has 3 rings (SSSR count). The zero-order valence-electron chi connectivity index (χ0n) is 12.0. The fraction of sp³-hybridized carbons (Fsp3) is 0. The summed E-state index contributed by atoms with van der Waals surface area (Å²) in [7, 11) is 0. The molecule has 0 spiro atoms. The van der Waals surface area contributed by atoms with E-state index in [1.54, 1.807) is 36.4 Å². The molecular weight excluding hydrogens is 308 g/mol. The smallest absolute Gasteiger partial charge is 0.195 e. The lowest BCUT2D eigenvalue weighted by Crippen LogP contribution is -2.04. The van der Waals surface area contributed by atoms with E-state index in [4.69, 9.17) is 16.9 Å². The van der Waals surface area contributed by atoms with Crippen molar-refractivity contribution in [2.24, 2.45) is 0 Å². The zero-order valence-corrected chi connectivity index (χ0v) is 12.8. The van der Waals surface area contributed by atoms with Crippen LogP contribution in [0.3, 0.4) is 0 Å². The van der Waals surface area contributed by atoms with Crippen LogP contribution < -0.4 is 0 Å². The highest BCUT2D eigenvalue weighted by Gasteiger charge is 2.15. The molecule has 0 radical (unpaired) electrons. The van der Waals surface area contributed by atoms with E-state index in [9.17, 15) is 4.79 Å². The number of ketones is 1. The highest BCUT2D eigenvalue weighted by Crippen LogP contribution is 2.26. The molecule has 3 nitrogen and oxygen atoms in total. The number of halogens is 1. The molecular formula is C19H11ClN2O. The zero-order chi connectivity index (χ0) is 16.2. The summed E-state index contributed by atoms with van der Waals surface area (Å²) >= 11 is 5.77. The fourth-order valence-corrected chi connectivity index (χ4v) is 2.47. The van der Waals surface area contributed by atoms with Crippen molar-refractivity contribution in [3.63, 3.8) is 0 Å². The third kappa shape index (κ3) is 3.13. The maximum atomic E-state index is 12.8. The minimum absolute atomic E-state index is 0.132. The Morgan fingerprint density at radius 1 is 1.04 bits per heavy atom. The van der Waals surface area contributed by atoms with Crippen molar-refractivity contribution in [1.29, 1.82) is 5.26 Å². The second kappa shape index (κ2) is 6.43. The van der Waals surface area contributed by atoms with Gasteiger partial charge in [-0.2, -0.15) is 5.26 Å². The van der Waals surface area contributed by atoms with Gasteiger partial charge in [-0.3, -0.25) is 4.79 Å². The Bertz CT molecular complexity index is 911. The van der Waals surface area contributed by atoms with Crippen LogP contribution in [-0.2, 0) is 0 Å². The van der Waals surface area contributed by atoms with E-state index < -0.39 is 0 Å². The number of nitrogens with zero attached hydrogens (tertiary/aromatic N) is 2. The van der Waals surface area contributed by atoms with E-state index in [-0.39, 0.29) is 5.78 Å². The minimum Gasteiger partial charge on any atom is -0.289 e. The topological polar surface area (TPSA) is 53.8 Å². The number of benzene rings is 2. The number of nitriles is 1. The molecule has 23 heavy (non-hydrogen) atoms. The number of hydrogen-bond acceptors (Lipinski definition) is 3. The number of pyridine rings is 1. The fourth-order valence-electron chi connectivity index (χ4n) is 2.35. The summed E-state index contributed by atoms with van der Waals surface area (Å²) in [6, 6.07) is 19.9. The van der Waals surface area contributed by atoms with E-state index in [0.29, 0.717) is 21.8 Å². The van der Waals surface area contributed by atoms with E-state index in [0.717, 1.165) is 11.1 Å². The summed E-state index contributed by atoms with van der Waals surface area (Å²) in [6.07, 6.45) is 1.47. The van der Waals surface area contributed by atoms with Crippen molar-refractivity contribution in [3.8, 4) is 17.2 Å². The van der Waals surface area contributed by atoms with Crippen LogP contribution in [0, 0.1) is 11.3 Å². The summed E-state index contributed by atoms with van der Waals surface area (Å²) < 4.78 is 0. The van der Waals surface area contributed by atoms with Crippen molar-refractivity contribution in [3.05, 3.63) is 88.7 Å². The third-order valence-electron chi connectivity index (χ3n) is 3.46. The van der Waals surface area contributed by atoms with Crippen molar-refractivity contribution in [2.75, 3.05) is 0 Å². The Labute approximate surface area is 138 Å². The van der Waals surface area contributed by atoms with Gasteiger partial charge in [-0.05, 0) is 35.4 Å². The second-order valence-corrected chi connectivity index (χ2v) is 5.32.